The minimum Gasteiger partial charge on any atom is -0.391 e. The maximum atomic E-state index is 13.5. The van der Waals surface area contributed by atoms with Crippen molar-refractivity contribution in [2.45, 2.75) is 18.9 Å². The molecule has 3 aromatic heterocycles. The summed E-state index contributed by atoms with van der Waals surface area (Å²) in [6.45, 7) is 0.389. The molecule has 168 valence electrons. The topological polar surface area (TPSA) is 101 Å². The molecule has 1 aromatic carbocycles. The van der Waals surface area contributed by atoms with E-state index in [9.17, 15) is 14.3 Å². The van der Waals surface area contributed by atoms with Crippen LogP contribution in [0.5, 0.6) is 0 Å². The van der Waals surface area contributed by atoms with Gasteiger partial charge in [-0.2, -0.15) is 0 Å². The number of pyridine rings is 2. The van der Waals surface area contributed by atoms with Gasteiger partial charge in [0.2, 0.25) is 5.91 Å². The number of nitrogens with two attached hydrogens (primary N) is 1. The molecule has 0 aliphatic heterocycles. The van der Waals surface area contributed by atoms with Gasteiger partial charge in [-0.3, -0.25) is 9.78 Å². The number of nitrogens with one attached hydrogen (secondary N) is 1. The third-order valence-corrected chi connectivity index (χ3v) is 6.21. The first-order valence-corrected chi connectivity index (χ1v) is 11.3. The molecule has 0 radical (unpaired) electrons. The summed E-state index contributed by atoms with van der Waals surface area (Å²) in [6.07, 6.45) is 3.81. The SMILES string of the molecule is NC(=O)C(c1cccnc1)c1ccc(-c2ccsc2CO)nc1NCCc1cccc(F)c1. The summed E-state index contributed by atoms with van der Waals surface area (Å²) in [5, 5.41) is 14.9. The third kappa shape index (κ3) is 5.24. The van der Waals surface area contributed by atoms with Gasteiger partial charge in [0.15, 0.2) is 0 Å². The lowest BCUT2D eigenvalue weighted by atomic mass is 9.91. The van der Waals surface area contributed by atoms with Crippen LogP contribution >= 0.6 is 11.3 Å². The van der Waals surface area contributed by atoms with Gasteiger partial charge in [-0.1, -0.05) is 24.3 Å². The lowest BCUT2D eigenvalue weighted by Gasteiger charge is -2.19. The Morgan fingerprint density at radius 3 is 2.79 bits per heavy atom. The van der Waals surface area contributed by atoms with E-state index in [1.54, 1.807) is 30.6 Å². The average molecular weight is 463 g/mol. The molecule has 1 unspecified atom stereocenters. The van der Waals surface area contributed by atoms with Gasteiger partial charge in [0.25, 0.3) is 0 Å². The van der Waals surface area contributed by atoms with Gasteiger partial charge in [0, 0.05) is 34.9 Å². The molecule has 0 saturated carbocycles. The van der Waals surface area contributed by atoms with Crippen LogP contribution < -0.4 is 11.1 Å². The van der Waals surface area contributed by atoms with Crippen LogP contribution in [0.4, 0.5) is 10.2 Å². The van der Waals surface area contributed by atoms with E-state index >= 15 is 0 Å². The average Bonchev–Trinajstić information content (AvgIpc) is 3.30. The molecule has 1 amide bonds. The van der Waals surface area contributed by atoms with Gasteiger partial charge < -0.3 is 16.2 Å². The first-order chi connectivity index (χ1) is 16.1. The number of aromatic nitrogens is 2. The zero-order chi connectivity index (χ0) is 23.2. The number of rotatable bonds is 9. The summed E-state index contributed by atoms with van der Waals surface area (Å²) in [5.74, 6) is -1.03. The Morgan fingerprint density at radius 2 is 2.06 bits per heavy atom. The number of aliphatic hydroxyl groups is 1. The van der Waals surface area contributed by atoms with Crippen LogP contribution in [0.1, 0.15) is 27.5 Å². The van der Waals surface area contributed by atoms with Crippen molar-refractivity contribution in [1.82, 2.24) is 9.97 Å². The maximum Gasteiger partial charge on any atom is 0.229 e. The van der Waals surface area contributed by atoms with Gasteiger partial charge in [-0.05, 0) is 53.3 Å². The Morgan fingerprint density at radius 1 is 1.18 bits per heavy atom. The molecule has 6 nitrogen and oxygen atoms in total. The second-order valence-electron chi connectivity index (χ2n) is 7.48. The van der Waals surface area contributed by atoms with E-state index < -0.39 is 11.8 Å². The van der Waals surface area contributed by atoms with Crippen molar-refractivity contribution < 1.29 is 14.3 Å². The van der Waals surface area contributed by atoms with E-state index in [2.05, 4.69) is 10.3 Å². The molecule has 0 spiro atoms. The van der Waals surface area contributed by atoms with E-state index in [0.717, 1.165) is 16.0 Å². The van der Waals surface area contributed by atoms with Crippen molar-refractivity contribution in [3.63, 3.8) is 0 Å². The van der Waals surface area contributed by atoms with Crippen molar-refractivity contribution in [1.29, 1.82) is 0 Å². The molecule has 4 rings (SSSR count). The van der Waals surface area contributed by atoms with Crippen LogP contribution in [0.15, 0.2) is 72.4 Å². The summed E-state index contributed by atoms with van der Waals surface area (Å²) in [5.41, 5.74) is 9.43. The minimum absolute atomic E-state index is 0.0850. The monoisotopic (exact) mass is 462 g/mol. The van der Waals surface area contributed by atoms with Gasteiger partial charge in [-0.15, -0.1) is 11.3 Å². The number of primary amides is 1. The van der Waals surface area contributed by atoms with Crippen LogP contribution in [0, 0.1) is 5.82 Å². The number of carbonyl (C=O) groups excluding carboxylic acids is 1. The highest BCUT2D eigenvalue weighted by atomic mass is 32.1. The van der Waals surface area contributed by atoms with Gasteiger partial charge in [-0.25, -0.2) is 9.37 Å². The van der Waals surface area contributed by atoms with Gasteiger partial charge in [0.05, 0.1) is 18.2 Å². The number of hydrogen-bond acceptors (Lipinski definition) is 6. The van der Waals surface area contributed by atoms with Crippen molar-refractivity contribution >= 4 is 23.1 Å². The predicted molar refractivity (Wildman–Crippen MR) is 127 cm³/mol. The fourth-order valence-corrected chi connectivity index (χ4v) is 4.49. The van der Waals surface area contributed by atoms with E-state index in [4.69, 9.17) is 10.7 Å². The molecule has 0 aliphatic rings. The normalized spacial score (nSPS) is 11.8. The van der Waals surface area contributed by atoms with Crippen LogP contribution in [-0.2, 0) is 17.8 Å². The maximum absolute atomic E-state index is 13.5. The molecule has 3 heterocycles. The van der Waals surface area contributed by atoms with E-state index in [1.165, 1.54) is 23.5 Å². The molecule has 1 atom stereocenters. The van der Waals surface area contributed by atoms with Gasteiger partial charge in [0.1, 0.15) is 11.6 Å². The Labute approximate surface area is 195 Å². The van der Waals surface area contributed by atoms with Gasteiger partial charge >= 0.3 is 0 Å². The fourth-order valence-electron chi connectivity index (χ4n) is 3.75. The molecule has 0 fully saturated rings. The lowest BCUT2D eigenvalue weighted by Crippen LogP contribution is -2.24. The number of nitrogens with zero attached hydrogens (tertiary/aromatic N) is 2. The molecule has 4 N–H and O–H groups in total. The molecular weight excluding hydrogens is 439 g/mol. The largest absolute Gasteiger partial charge is 0.391 e. The molecule has 0 bridgehead atoms. The predicted octanol–water partition coefficient (Wildman–Crippen LogP) is 4.11. The molecule has 33 heavy (non-hydrogen) atoms. The molecular formula is C25H23FN4O2S. The van der Waals surface area contributed by atoms with E-state index in [0.29, 0.717) is 35.6 Å². The van der Waals surface area contributed by atoms with Crippen LogP contribution in [0.2, 0.25) is 0 Å². The number of hydrogen-bond donors (Lipinski definition) is 3. The number of carbonyl (C=O) groups is 1. The first kappa shape index (κ1) is 22.6. The minimum atomic E-state index is -0.739. The third-order valence-electron chi connectivity index (χ3n) is 5.30. The molecule has 0 saturated heterocycles. The highest BCUT2D eigenvalue weighted by Gasteiger charge is 2.25. The number of halogens is 1. The van der Waals surface area contributed by atoms with Crippen LogP contribution in [0.3, 0.4) is 0 Å². The number of benzene rings is 1. The Balaban J connectivity index is 1.70. The summed E-state index contributed by atoms with van der Waals surface area (Å²) in [4.78, 5) is 22.2. The zero-order valence-electron chi connectivity index (χ0n) is 17.7. The van der Waals surface area contributed by atoms with E-state index in [-0.39, 0.29) is 12.4 Å². The Kier molecular flexibility index (Phi) is 7.07. The molecule has 0 aliphatic carbocycles. The Bertz CT molecular complexity index is 1250. The van der Waals surface area contributed by atoms with Crippen molar-refractivity contribution in [3.8, 4) is 11.3 Å². The quantitative estimate of drug-likeness (QED) is 0.348. The zero-order valence-corrected chi connectivity index (χ0v) is 18.6. The lowest BCUT2D eigenvalue weighted by molar-refractivity contribution is -0.118. The molecule has 8 heteroatoms. The highest BCUT2D eigenvalue weighted by molar-refractivity contribution is 7.10. The second kappa shape index (κ2) is 10.3. The number of amides is 1. The van der Waals surface area contributed by atoms with Crippen molar-refractivity contribution in [2.24, 2.45) is 5.73 Å². The van der Waals surface area contributed by atoms with Crippen molar-refractivity contribution in [2.75, 3.05) is 11.9 Å². The fraction of sp³-hybridized carbons (Fsp3) is 0.160. The van der Waals surface area contributed by atoms with Crippen LogP contribution in [-0.4, -0.2) is 27.5 Å². The summed E-state index contributed by atoms with van der Waals surface area (Å²) >= 11 is 1.45. The number of aliphatic hydroxyl groups excluding tert-OH is 1. The second-order valence-corrected chi connectivity index (χ2v) is 8.48. The smallest absolute Gasteiger partial charge is 0.229 e. The standard InChI is InChI=1S/C25H23FN4O2S/c26-18-5-1-3-16(13-18)8-11-29-25-20(23(24(27)32)17-4-2-10-28-14-17)6-7-21(30-25)19-9-12-33-22(19)15-31/h1-7,9-10,12-14,23,31H,8,11,15H2,(H2,27,32)(H,29,30). The first-order valence-electron chi connectivity index (χ1n) is 10.4. The Hall–Kier alpha value is -3.62. The summed E-state index contributed by atoms with van der Waals surface area (Å²) < 4.78 is 13.5. The summed E-state index contributed by atoms with van der Waals surface area (Å²) in [6, 6.07) is 15.5. The van der Waals surface area contributed by atoms with Crippen LogP contribution in [0.25, 0.3) is 11.3 Å². The number of anilines is 1. The highest BCUT2D eigenvalue weighted by Crippen LogP contribution is 2.33. The van der Waals surface area contributed by atoms with E-state index in [1.807, 2.05) is 29.6 Å². The van der Waals surface area contributed by atoms with Crippen molar-refractivity contribution in [3.05, 3.63) is 99.8 Å². The summed E-state index contributed by atoms with van der Waals surface area (Å²) in [7, 11) is 0. The molecule has 4 aromatic rings. The number of thiophene rings is 1.